The topological polar surface area (TPSA) is 46.5 Å². The molecule has 172 valence electrons. The highest BCUT2D eigenvalue weighted by atomic mass is 28.4. The summed E-state index contributed by atoms with van der Waals surface area (Å²) in [5, 5.41) is 12.2. The van der Waals surface area contributed by atoms with E-state index in [2.05, 4.69) is 71.5 Å². The fraction of sp³-hybridized carbons (Fsp3) is 0.393. The number of benzene rings is 2. The number of rotatable bonds is 10. The molecule has 0 aromatic heterocycles. The van der Waals surface area contributed by atoms with Gasteiger partial charge >= 0.3 is 5.97 Å². The monoisotopic (exact) mass is 450 g/mol. The van der Waals surface area contributed by atoms with Crippen LogP contribution in [0.4, 0.5) is 0 Å². The van der Waals surface area contributed by atoms with E-state index in [-0.39, 0.29) is 5.04 Å². The van der Waals surface area contributed by atoms with Gasteiger partial charge in [0, 0.05) is 5.41 Å². The van der Waals surface area contributed by atoms with Crippen molar-refractivity contribution in [3.05, 3.63) is 85.0 Å². The van der Waals surface area contributed by atoms with Crippen LogP contribution in [0, 0.1) is 5.41 Å². The van der Waals surface area contributed by atoms with Crippen molar-refractivity contribution in [3.63, 3.8) is 0 Å². The summed E-state index contributed by atoms with van der Waals surface area (Å²) >= 11 is 0. The first kappa shape index (κ1) is 25.8. The molecule has 1 N–H and O–H groups in total. The van der Waals surface area contributed by atoms with Gasteiger partial charge in [-0.2, -0.15) is 0 Å². The Hall–Kier alpha value is -2.43. The standard InChI is InChI=1S/C28H38O3Si/c1-8-28(7,21-15-16-22(2)3)25(26(29)30)31-32(27(4,5)6,23-17-11-9-12-18-23)24-19-13-10-14-20-24/h8-14,16-20,25H,1,15,21H2,2-7H3,(H,29,30)/t25-,28-/m1/s1. The molecule has 2 aromatic rings. The van der Waals surface area contributed by atoms with Crippen molar-refractivity contribution in [1.29, 1.82) is 0 Å². The summed E-state index contributed by atoms with van der Waals surface area (Å²) in [5.74, 6) is -0.947. The zero-order chi connectivity index (χ0) is 24.0. The molecular formula is C28H38O3Si. The van der Waals surface area contributed by atoms with Crippen LogP contribution in [0.15, 0.2) is 85.0 Å². The predicted octanol–water partition coefficient (Wildman–Crippen LogP) is 5.95. The highest BCUT2D eigenvalue weighted by molar-refractivity contribution is 6.99. The maximum Gasteiger partial charge on any atom is 0.332 e. The number of carboxylic acid groups (broad SMARTS) is 1. The molecule has 0 bridgehead atoms. The molecule has 0 fully saturated rings. The first-order chi connectivity index (χ1) is 15.0. The average molecular weight is 451 g/mol. The molecule has 0 saturated heterocycles. The summed E-state index contributed by atoms with van der Waals surface area (Å²) in [5.41, 5.74) is 0.501. The molecule has 0 heterocycles. The third kappa shape index (κ3) is 5.48. The molecular weight excluding hydrogens is 412 g/mol. The molecule has 0 radical (unpaired) electrons. The molecule has 3 nitrogen and oxygen atoms in total. The average Bonchev–Trinajstić information content (AvgIpc) is 2.74. The molecule has 0 aliphatic rings. The minimum absolute atomic E-state index is 0.300. The van der Waals surface area contributed by atoms with E-state index >= 15 is 0 Å². The van der Waals surface area contributed by atoms with Crippen LogP contribution < -0.4 is 10.4 Å². The van der Waals surface area contributed by atoms with Crippen LogP contribution in [0.3, 0.4) is 0 Å². The van der Waals surface area contributed by atoms with E-state index in [1.165, 1.54) is 5.57 Å². The summed E-state index contributed by atoms with van der Waals surface area (Å²) in [4.78, 5) is 12.7. The van der Waals surface area contributed by atoms with E-state index in [1.807, 2.05) is 43.3 Å². The normalized spacial score (nSPS) is 14.8. The first-order valence-electron chi connectivity index (χ1n) is 11.3. The second-order valence-corrected chi connectivity index (χ2v) is 14.3. The molecule has 2 atom stereocenters. The van der Waals surface area contributed by atoms with Crippen LogP contribution in [0.5, 0.6) is 0 Å². The largest absolute Gasteiger partial charge is 0.479 e. The molecule has 2 aromatic carbocycles. The van der Waals surface area contributed by atoms with Gasteiger partial charge in [-0.25, -0.2) is 4.79 Å². The number of carboxylic acids is 1. The minimum atomic E-state index is -3.01. The van der Waals surface area contributed by atoms with Gasteiger partial charge in [0.05, 0.1) is 0 Å². The van der Waals surface area contributed by atoms with Crippen molar-refractivity contribution in [2.75, 3.05) is 0 Å². The van der Waals surface area contributed by atoms with Gasteiger partial charge in [0.15, 0.2) is 6.10 Å². The fourth-order valence-corrected chi connectivity index (χ4v) is 9.09. The van der Waals surface area contributed by atoms with E-state index in [1.54, 1.807) is 6.08 Å². The van der Waals surface area contributed by atoms with Crippen molar-refractivity contribution < 1.29 is 14.3 Å². The third-order valence-electron chi connectivity index (χ3n) is 6.24. The molecule has 2 rings (SSSR count). The maximum atomic E-state index is 12.7. The van der Waals surface area contributed by atoms with E-state index in [0.717, 1.165) is 16.8 Å². The lowest BCUT2D eigenvalue weighted by atomic mass is 9.80. The molecule has 0 aliphatic heterocycles. The summed E-state index contributed by atoms with van der Waals surface area (Å²) in [7, 11) is -3.01. The van der Waals surface area contributed by atoms with Crippen molar-refractivity contribution in [1.82, 2.24) is 0 Å². The molecule has 32 heavy (non-hydrogen) atoms. The molecule has 4 heteroatoms. The van der Waals surface area contributed by atoms with Crippen LogP contribution >= 0.6 is 0 Å². The Morgan fingerprint density at radius 1 is 1.00 bits per heavy atom. The smallest absolute Gasteiger partial charge is 0.332 e. The third-order valence-corrected chi connectivity index (χ3v) is 11.2. The highest BCUT2D eigenvalue weighted by Gasteiger charge is 2.54. The fourth-order valence-electron chi connectivity index (χ4n) is 4.35. The second-order valence-electron chi connectivity index (χ2n) is 10.0. The van der Waals surface area contributed by atoms with Gasteiger partial charge in [0.2, 0.25) is 0 Å². The summed E-state index contributed by atoms with van der Waals surface area (Å²) in [6.45, 7) is 16.6. The van der Waals surface area contributed by atoms with Crippen LogP contribution in [-0.4, -0.2) is 25.5 Å². The van der Waals surface area contributed by atoms with Crippen molar-refractivity contribution in [2.45, 2.75) is 65.5 Å². The van der Waals surface area contributed by atoms with E-state index < -0.39 is 25.8 Å². The molecule has 0 spiro atoms. The Kier molecular flexibility index (Phi) is 8.44. The Morgan fingerprint density at radius 3 is 1.81 bits per heavy atom. The Labute approximate surface area is 195 Å². The summed E-state index contributed by atoms with van der Waals surface area (Å²) in [6, 6.07) is 20.3. The van der Waals surface area contributed by atoms with Gasteiger partial charge in [-0.3, -0.25) is 0 Å². The lowest BCUT2D eigenvalue weighted by Gasteiger charge is -2.47. The number of carbonyl (C=O) groups is 1. The van der Waals surface area contributed by atoms with Crippen molar-refractivity contribution in [2.24, 2.45) is 5.41 Å². The highest BCUT2D eigenvalue weighted by Crippen LogP contribution is 2.41. The molecule has 0 saturated carbocycles. The van der Waals surface area contributed by atoms with E-state index in [0.29, 0.717) is 6.42 Å². The van der Waals surface area contributed by atoms with Crippen LogP contribution in [0.1, 0.15) is 54.4 Å². The number of hydrogen-bond donors (Lipinski definition) is 1. The van der Waals surface area contributed by atoms with Crippen LogP contribution in [-0.2, 0) is 9.22 Å². The van der Waals surface area contributed by atoms with Crippen LogP contribution in [0.2, 0.25) is 5.04 Å². The Morgan fingerprint density at radius 2 is 1.47 bits per heavy atom. The molecule has 0 amide bonds. The minimum Gasteiger partial charge on any atom is -0.479 e. The SMILES string of the molecule is C=C[C@](C)(CCC=C(C)C)[C@H](O[Si](c1ccccc1)(c1ccccc1)C(C)(C)C)C(=O)O. The zero-order valence-corrected chi connectivity index (χ0v) is 21.4. The predicted molar refractivity (Wildman–Crippen MR) is 137 cm³/mol. The number of allylic oxidation sites excluding steroid dienone is 2. The van der Waals surface area contributed by atoms with Gasteiger partial charge in [-0.15, -0.1) is 6.58 Å². The van der Waals surface area contributed by atoms with Crippen molar-refractivity contribution in [3.8, 4) is 0 Å². The van der Waals surface area contributed by atoms with Gasteiger partial charge < -0.3 is 9.53 Å². The molecule has 0 aliphatic carbocycles. The van der Waals surface area contributed by atoms with E-state index in [4.69, 9.17) is 4.43 Å². The Bertz CT molecular complexity index is 885. The summed E-state index contributed by atoms with van der Waals surface area (Å²) < 4.78 is 7.00. The maximum absolute atomic E-state index is 12.7. The number of hydrogen-bond acceptors (Lipinski definition) is 2. The van der Waals surface area contributed by atoms with Gasteiger partial charge in [-0.05, 0) is 42.1 Å². The molecule has 0 unspecified atom stereocenters. The van der Waals surface area contributed by atoms with Crippen LogP contribution in [0.25, 0.3) is 0 Å². The lowest BCUT2D eigenvalue weighted by Crippen LogP contribution is -2.69. The lowest BCUT2D eigenvalue weighted by molar-refractivity contribution is -0.150. The summed E-state index contributed by atoms with van der Waals surface area (Å²) in [6.07, 6.45) is 4.32. The van der Waals surface area contributed by atoms with E-state index in [9.17, 15) is 9.90 Å². The quantitative estimate of drug-likeness (QED) is 0.359. The van der Waals surface area contributed by atoms with Gasteiger partial charge in [0.1, 0.15) is 0 Å². The van der Waals surface area contributed by atoms with Gasteiger partial charge in [0.25, 0.3) is 8.32 Å². The van der Waals surface area contributed by atoms with Crippen molar-refractivity contribution >= 4 is 24.7 Å². The van der Waals surface area contributed by atoms with Gasteiger partial charge in [-0.1, -0.05) is 106 Å². The zero-order valence-electron chi connectivity index (χ0n) is 20.4. The second kappa shape index (κ2) is 10.5. The first-order valence-corrected chi connectivity index (χ1v) is 13.2. The number of aliphatic carboxylic acids is 1. The Balaban J connectivity index is 2.71.